The summed E-state index contributed by atoms with van der Waals surface area (Å²) in [5.41, 5.74) is 2.40. The first kappa shape index (κ1) is 19.0. The molecule has 3 rings (SSSR count). The molecule has 1 atom stereocenters. The van der Waals surface area contributed by atoms with E-state index in [-0.39, 0.29) is 17.9 Å². The summed E-state index contributed by atoms with van der Waals surface area (Å²) in [5.74, 6) is 0.364. The highest BCUT2D eigenvalue weighted by atomic mass is 79.9. The monoisotopic (exact) mass is 432 g/mol. The predicted molar refractivity (Wildman–Crippen MR) is 110 cm³/mol. The smallest absolute Gasteiger partial charge is 0.254 e. The van der Waals surface area contributed by atoms with E-state index >= 15 is 0 Å². The quantitative estimate of drug-likeness (QED) is 0.713. The molecule has 1 N–H and O–H groups in total. The number of carbonyl (C=O) groups excluding carboxylic acids is 2. The molecule has 0 saturated carbocycles. The van der Waals surface area contributed by atoms with Gasteiger partial charge in [-0.1, -0.05) is 41.1 Å². The Morgan fingerprint density at radius 2 is 2.08 bits per heavy atom. The second-order valence-corrected chi connectivity index (χ2v) is 8.12. The summed E-state index contributed by atoms with van der Waals surface area (Å²) in [6.07, 6.45) is 0.873. The van der Waals surface area contributed by atoms with Gasteiger partial charge in [0.2, 0.25) is 5.91 Å². The van der Waals surface area contributed by atoms with Crippen molar-refractivity contribution in [3.63, 3.8) is 0 Å². The molecule has 2 aromatic rings. The van der Waals surface area contributed by atoms with Crippen molar-refractivity contribution in [3.05, 3.63) is 58.1 Å². The standard InChI is InChI=1S/C20H21BrN2O2S/c1-3-10-23(13(2)15-6-4-5-7-16(15)21)20(25)14-8-9-18-17(11-14)22-19(24)12-26-18/h4-9,11,13H,3,10,12H2,1-2H3,(H,22,24). The average Bonchev–Trinajstić information content (AvgIpc) is 2.65. The van der Waals surface area contributed by atoms with Crippen LogP contribution in [0.15, 0.2) is 51.8 Å². The molecule has 136 valence electrons. The lowest BCUT2D eigenvalue weighted by molar-refractivity contribution is -0.113. The highest BCUT2D eigenvalue weighted by molar-refractivity contribution is 9.10. The van der Waals surface area contributed by atoms with Gasteiger partial charge < -0.3 is 10.2 Å². The topological polar surface area (TPSA) is 49.4 Å². The van der Waals surface area contributed by atoms with Crippen LogP contribution in [0.2, 0.25) is 0 Å². The minimum atomic E-state index is -0.0574. The number of halogens is 1. The second kappa shape index (κ2) is 8.27. The summed E-state index contributed by atoms with van der Waals surface area (Å²) in [6.45, 7) is 4.78. The summed E-state index contributed by atoms with van der Waals surface area (Å²) < 4.78 is 0.996. The van der Waals surface area contributed by atoms with Crippen LogP contribution in [0.1, 0.15) is 42.2 Å². The number of anilines is 1. The molecule has 1 aliphatic heterocycles. The SMILES string of the molecule is CCCN(C(=O)c1ccc2c(c1)NC(=O)CS2)C(C)c1ccccc1Br. The summed E-state index contributed by atoms with van der Waals surface area (Å²) in [7, 11) is 0. The van der Waals surface area contributed by atoms with Crippen molar-refractivity contribution in [1.82, 2.24) is 4.90 Å². The van der Waals surface area contributed by atoms with E-state index in [0.717, 1.165) is 27.0 Å². The summed E-state index contributed by atoms with van der Waals surface area (Å²) >= 11 is 5.09. The van der Waals surface area contributed by atoms with Gasteiger partial charge in [0.25, 0.3) is 5.91 Å². The van der Waals surface area contributed by atoms with Crippen molar-refractivity contribution < 1.29 is 9.59 Å². The number of thioether (sulfide) groups is 1. The Kier molecular flexibility index (Phi) is 6.04. The van der Waals surface area contributed by atoms with Gasteiger partial charge in [-0.3, -0.25) is 9.59 Å². The van der Waals surface area contributed by atoms with Gasteiger partial charge >= 0.3 is 0 Å². The van der Waals surface area contributed by atoms with Crippen LogP contribution in [-0.4, -0.2) is 29.0 Å². The Labute approximate surface area is 166 Å². The minimum absolute atomic E-state index is 0.0253. The molecule has 0 fully saturated rings. The molecule has 0 saturated heterocycles. The number of nitrogens with zero attached hydrogens (tertiary/aromatic N) is 1. The number of benzene rings is 2. The Bertz CT molecular complexity index is 840. The first-order valence-corrected chi connectivity index (χ1v) is 10.4. The van der Waals surface area contributed by atoms with E-state index in [9.17, 15) is 9.59 Å². The van der Waals surface area contributed by atoms with Crippen LogP contribution in [-0.2, 0) is 4.79 Å². The highest BCUT2D eigenvalue weighted by Crippen LogP contribution is 2.33. The molecule has 1 heterocycles. The zero-order valence-corrected chi connectivity index (χ0v) is 17.2. The lowest BCUT2D eigenvalue weighted by atomic mass is 10.0. The van der Waals surface area contributed by atoms with E-state index in [1.807, 2.05) is 48.2 Å². The zero-order chi connectivity index (χ0) is 18.7. The van der Waals surface area contributed by atoms with Crippen molar-refractivity contribution in [2.24, 2.45) is 0 Å². The number of carbonyl (C=O) groups is 2. The van der Waals surface area contributed by atoms with Crippen LogP contribution in [0.4, 0.5) is 5.69 Å². The second-order valence-electron chi connectivity index (χ2n) is 6.24. The fourth-order valence-electron chi connectivity index (χ4n) is 3.08. The van der Waals surface area contributed by atoms with Crippen molar-refractivity contribution in [2.75, 3.05) is 17.6 Å². The summed E-state index contributed by atoms with van der Waals surface area (Å²) in [4.78, 5) is 27.8. The minimum Gasteiger partial charge on any atom is -0.332 e. The fourth-order valence-corrected chi connectivity index (χ4v) is 4.48. The third-order valence-corrected chi connectivity index (χ3v) is 6.20. The summed E-state index contributed by atoms with van der Waals surface area (Å²) in [5, 5.41) is 2.86. The first-order chi connectivity index (χ1) is 12.5. The van der Waals surface area contributed by atoms with Crippen LogP contribution in [0.25, 0.3) is 0 Å². The largest absolute Gasteiger partial charge is 0.332 e. The van der Waals surface area contributed by atoms with Gasteiger partial charge in [-0.15, -0.1) is 11.8 Å². The van der Waals surface area contributed by atoms with Crippen LogP contribution < -0.4 is 5.32 Å². The Hall–Kier alpha value is -1.79. The maximum atomic E-state index is 13.2. The molecule has 2 amide bonds. The van der Waals surface area contributed by atoms with Gasteiger partial charge in [-0.25, -0.2) is 0 Å². The van der Waals surface area contributed by atoms with E-state index < -0.39 is 0 Å². The van der Waals surface area contributed by atoms with Gasteiger partial charge in [0.15, 0.2) is 0 Å². The number of rotatable bonds is 5. The fraction of sp³-hybridized carbons (Fsp3) is 0.300. The van der Waals surface area contributed by atoms with Crippen LogP contribution >= 0.6 is 27.7 Å². The number of amides is 2. The maximum Gasteiger partial charge on any atom is 0.254 e. The molecule has 0 aliphatic carbocycles. The van der Waals surface area contributed by atoms with Crippen molar-refractivity contribution in [3.8, 4) is 0 Å². The van der Waals surface area contributed by atoms with Crippen molar-refractivity contribution >= 4 is 45.2 Å². The Morgan fingerprint density at radius 1 is 1.31 bits per heavy atom. The summed E-state index contributed by atoms with van der Waals surface area (Å²) in [6, 6.07) is 13.5. The molecule has 0 radical (unpaired) electrons. The first-order valence-electron chi connectivity index (χ1n) is 8.63. The molecule has 4 nitrogen and oxygen atoms in total. The number of hydrogen-bond donors (Lipinski definition) is 1. The molecule has 26 heavy (non-hydrogen) atoms. The molecule has 1 unspecified atom stereocenters. The third-order valence-electron chi connectivity index (χ3n) is 4.41. The molecular formula is C20H21BrN2O2S. The highest BCUT2D eigenvalue weighted by Gasteiger charge is 2.25. The molecular weight excluding hydrogens is 412 g/mol. The van der Waals surface area contributed by atoms with E-state index in [0.29, 0.717) is 17.9 Å². The number of nitrogens with one attached hydrogen (secondary N) is 1. The molecule has 6 heteroatoms. The van der Waals surface area contributed by atoms with E-state index in [1.165, 1.54) is 11.8 Å². The van der Waals surface area contributed by atoms with Gasteiger partial charge in [0.05, 0.1) is 17.5 Å². The lowest BCUT2D eigenvalue weighted by Gasteiger charge is -2.30. The number of fused-ring (bicyclic) bond motifs is 1. The third kappa shape index (κ3) is 3.96. The van der Waals surface area contributed by atoms with E-state index in [4.69, 9.17) is 0 Å². The van der Waals surface area contributed by atoms with E-state index in [2.05, 4.69) is 28.2 Å². The Morgan fingerprint density at radius 3 is 2.81 bits per heavy atom. The molecule has 1 aliphatic rings. The zero-order valence-electron chi connectivity index (χ0n) is 14.8. The predicted octanol–water partition coefficient (Wildman–Crippen LogP) is 5.11. The van der Waals surface area contributed by atoms with Crippen LogP contribution in [0.5, 0.6) is 0 Å². The van der Waals surface area contributed by atoms with Crippen LogP contribution in [0.3, 0.4) is 0 Å². The normalized spacial score (nSPS) is 14.3. The van der Waals surface area contributed by atoms with E-state index in [1.54, 1.807) is 6.07 Å². The molecule has 0 spiro atoms. The van der Waals surface area contributed by atoms with Crippen molar-refractivity contribution in [1.29, 1.82) is 0 Å². The van der Waals surface area contributed by atoms with Gasteiger partial charge in [-0.05, 0) is 43.2 Å². The molecule has 2 aromatic carbocycles. The maximum absolute atomic E-state index is 13.2. The average molecular weight is 433 g/mol. The molecule has 0 bridgehead atoms. The van der Waals surface area contributed by atoms with Gasteiger partial charge in [0.1, 0.15) is 0 Å². The molecule has 0 aromatic heterocycles. The Balaban J connectivity index is 1.91. The van der Waals surface area contributed by atoms with Crippen molar-refractivity contribution in [2.45, 2.75) is 31.2 Å². The van der Waals surface area contributed by atoms with Gasteiger partial charge in [-0.2, -0.15) is 0 Å². The van der Waals surface area contributed by atoms with Gasteiger partial charge in [0, 0.05) is 21.5 Å². The number of hydrogen-bond acceptors (Lipinski definition) is 3. The lowest BCUT2D eigenvalue weighted by Crippen LogP contribution is -2.34. The van der Waals surface area contributed by atoms with Crippen LogP contribution in [0, 0.1) is 0 Å².